The minimum Gasteiger partial charge on any atom is -0.497 e. The van der Waals surface area contributed by atoms with Crippen LogP contribution in [0.5, 0.6) is 17.4 Å². The van der Waals surface area contributed by atoms with E-state index in [-0.39, 0.29) is 44.2 Å². The number of alkyl halides is 2. The fourth-order valence-electron chi connectivity index (χ4n) is 8.56. The van der Waals surface area contributed by atoms with Crippen LogP contribution in [-0.2, 0) is 29.1 Å². The number of ether oxygens (including phenoxy) is 4. The standard InChI is InChI=1S/C43H59F2N5O11S/c1-25-11-9-10-12-27-22-43(27,38(53)48-62(56,57)41(5)15-16-41)47-35(51)32-21-29(61-36-30-14-13-28(59-8)20-31(30)33(23-46-36)60-18-17-58-7)24-49(32)37(52)34(26(2)19-25)50(39(54)55)40(3,4)42(6,44)45/h10,12-14,20,23,25-27,29,32,34H,9,11,15-19,21-22,24H2,1-8H3,(H,47,51)(H,48,53)(H,54,55)/b12-10-/t25-,26-,27-,29-,32+,34+,43-/m1/s1. The SMILES string of the molecule is COCCOc1cnc(O[C@@H]2C[C@H]3C(=O)N[C@]4(C(=O)NS(=O)(=O)C5(C)CC5)C[C@H]4/C=C\CC[C@@H](C)C[C@@H](C)[C@H](N(C(=O)O)C(C)(C)C(C)(F)F)C(=O)N3C2)c2ccc(OC)cc12. The van der Waals surface area contributed by atoms with E-state index in [1.54, 1.807) is 31.2 Å². The average molecular weight is 892 g/mol. The lowest BCUT2D eigenvalue weighted by Gasteiger charge is -2.47. The first-order valence-electron chi connectivity index (χ1n) is 21.0. The number of carbonyl (C=O) groups excluding carboxylic acids is 3. The van der Waals surface area contributed by atoms with Gasteiger partial charge in [0.25, 0.3) is 11.8 Å². The molecule has 2 aromatic rings. The number of hydrogen-bond donors (Lipinski definition) is 3. The van der Waals surface area contributed by atoms with Crippen LogP contribution in [0, 0.1) is 17.8 Å². The van der Waals surface area contributed by atoms with Crippen LogP contribution in [0.1, 0.15) is 86.5 Å². The minimum absolute atomic E-state index is 0.0772. The number of allylic oxidation sites excluding steroid dienone is 1. The van der Waals surface area contributed by atoms with Crippen molar-refractivity contribution in [2.24, 2.45) is 17.8 Å². The molecule has 2 aliphatic carbocycles. The van der Waals surface area contributed by atoms with Gasteiger partial charge in [-0.15, -0.1) is 0 Å². The number of nitrogens with zero attached hydrogens (tertiary/aromatic N) is 3. The van der Waals surface area contributed by atoms with Crippen LogP contribution in [0.4, 0.5) is 13.6 Å². The van der Waals surface area contributed by atoms with Crippen molar-refractivity contribution in [2.45, 2.75) is 126 Å². The molecule has 3 heterocycles. The van der Waals surface area contributed by atoms with Gasteiger partial charge in [-0.3, -0.25) is 24.0 Å². The highest BCUT2D eigenvalue weighted by Crippen LogP contribution is 2.48. The Morgan fingerprint density at radius 2 is 1.81 bits per heavy atom. The van der Waals surface area contributed by atoms with E-state index in [2.05, 4.69) is 15.0 Å². The van der Waals surface area contributed by atoms with Crippen LogP contribution >= 0.6 is 0 Å². The van der Waals surface area contributed by atoms with Gasteiger partial charge in [-0.25, -0.2) is 27.0 Å². The number of nitrogens with one attached hydrogen (secondary N) is 2. The van der Waals surface area contributed by atoms with E-state index in [4.69, 9.17) is 18.9 Å². The molecule has 62 heavy (non-hydrogen) atoms. The first-order valence-corrected chi connectivity index (χ1v) is 22.5. The predicted molar refractivity (Wildman–Crippen MR) is 224 cm³/mol. The molecule has 6 rings (SSSR count). The highest BCUT2D eigenvalue weighted by Gasteiger charge is 2.63. The highest BCUT2D eigenvalue weighted by molar-refractivity contribution is 7.91. The molecule has 0 radical (unpaired) electrons. The van der Waals surface area contributed by atoms with Crippen molar-refractivity contribution >= 4 is 44.6 Å². The van der Waals surface area contributed by atoms with E-state index < -0.39 is 85.6 Å². The smallest absolute Gasteiger partial charge is 0.408 e. The molecule has 7 atom stereocenters. The number of benzene rings is 1. The fourth-order valence-corrected chi connectivity index (χ4v) is 9.87. The van der Waals surface area contributed by atoms with Gasteiger partial charge in [0.1, 0.15) is 47.4 Å². The molecular weight excluding hydrogens is 833 g/mol. The van der Waals surface area contributed by atoms with E-state index in [1.165, 1.54) is 27.3 Å². The monoisotopic (exact) mass is 891 g/mol. The second kappa shape index (κ2) is 17.4. The van der Waals surface area contributed by atoms with Crippen molar-refractivity contribution in [1.82, 2.24) is 24.8 Å². The number of halogens is 2. The molecule has 0 spiro atoms. The van der Waals surface area contributed by atoms with Gasteiger partial charge in [0, 0.05) is 37.1 Å². The van der Waals surface area contributed by atoms with Crippen molar-refractivity contribution in [3.63, 3.8) is 0 Å². The Morgan fingerprint density at radius 3 is 2.44 bits per heavy atom. The molecule has 4 aliphatic rings. The first kappa shape index (κ1) is 46.7. The van der Waals surface area contributed by atoms with Crippen molar-refractivity contribution in [3.8, 4) is 17.4 Å². The molecule has 16 nitrogen and oxygen atoms in total. The van der Waals surface area contributed by atoms with E-state index >= 15 is 13.6 Å². The van der Waals surface area contributed by atoms with Crippen LogP contribution in [0.2, 0.25) is 0 Å². The van der Waals surface area contributed by atoms with Crippen molar-refractivity contribution in [3.05, 3.63) is 36.5 Å². The Bertz CT molecular complexity index is 2200. The number of carbonyl (C=O) groups is 4. The van der Waals surface area contributed by atoms with Gasteiger partial charge < -0.3 is 34.3 Å². The number of aromatic nitrogens is 1. The average Bonchev–Trinajstić information content (AvgIpc) is 4.08. The molecule has 4 amide bonds. The number of methoxy groups -OCH3 is 2. The largest absolute Gasteiger partial charge is 0.497 e. The van der Waals surface area contributed by atoms with E-state index in [0.29, 0.717) is 66.4 Å². The summed E-state index contributed by atoms with van der Waals surface area (Å²) in [7, 11) is -1.06. The predicted octanol–water partition coefficient (Wildman–Crippen LogP) is 5.29. The lowest BCUT2D eigenvalue weighted by atomic mass is 9.84. The maximum atomic E-state index is 15.4. The molecule has 342 valence electrons. The van der Waals surface area contributed by atoms with Gasteiger partial charge in [0.2, 0.25) is 27.7 Å². The summed E-state index contributed by atoms with van der Waals surface area (Å²) in [4.78, 5) is 63.3. The molecule has 1 aromatic carbocycles. The Morgan fingerprint density at radius 1 is 1.10 bits per heavy atom. The van der Waals surface area contributed by atoms with Gasteiger partial charge in [-0.1, -0.05) is 26.0 Å². The van der Waals surface area contributed by atoms with Crippen LogP contribution in [0.3, 0.4) is 0 Å². The zero-order chi connectivity index (χ0) is 45.6. The second-order valence-electron chi connectivity index (χ2n) is 18.2. The van der Waals surface area contributed by atoms with E-state index in [9.17, 15) is 27.9 Å². The summed E-state index contributed by atoms with van der Waals surface area (Å²) in [5.74, 6) is -6.72. The summed E-state index contributed by atoms with van der Waals surface area (Å²) < 4.78 is 81.5. The van der Waals surface area contributed by atoms with Crippen molar-refractivity contribution in [2.75, 3.05) is 34.0 Å². The third kappa shape index (κ3) is 9.15. The first-order chi connectivity index (χ1) is 29.0. The molecular formula is C43H59F2N5O11S. The number of amides is 4. The second-order valence-corrected chi connectivity index (χ2v) is 20.4. The lowest BCUT2D eigenvalue weighted by molar-refractivity contribution is -0.156. The summed E-state index contributed by atoms with van der Waals surface area (Å²) in [6.45, 7) is 8.03. The number of pyridine rings is 1. The van der Waals surface area contributed by atoms with Crippen LogP contribution in [0.25, 0.3) is 10.8 Å². The van der Waals surface area contributed by atoms with Gasteiger partial charge in [0.15, 0.2) is 0 Å². The summed E-state index contributed by atoms with van der Waals surface area (Å²) in [5.41, 5.74) is -4.08. The third-order valence-electron chi connectivity index (χ3n) is 13.2. The zero-order valence-corrected chi connectivity index (χ0v) is 37.4. The number of rotatable bonds is 13. The Kier molecular flexibility index (Phi) is 13.1. The van der Waals surface area contributed by atoms with Crippen molar-refractivity contribution in [1.29, 1.82) is 0 Å². The number of sulfonamides is 1. The fraction of sp³-hybridized carbons (Fsp3) is 0.651. The van der Waals surface area contributed by atoms with E-state index in [0.717, 1.165) is 18.7 Å². The quantitative estimate of drug-likeness (QED) is 0.174. The summed E-state index contributed by atoms with van der Waals surface area (Å²) in [6.07, 6.45) is 4.35. The Balaban J connectivity index is 1.42. The Labute approximate surface area is 361 Å². The van der Waals surface area contributed by atoms with Gasteiger partial charge >= 0.3 is 6.09 Å². The van der Waals surface area contributed by atoms with Crippen LogP contribution in [-0.4, -0.2) is 126 Å². The van der Waals surface area contributed by atoms with Crippen LogP contribution in [0.15, 0.2) is 36.5 Å². The molecule has 0 bridgehead atoms. The molecule has 2 saturated carbocycles. The molecule has 3 fully saturated rings. The topological polar surface area (TPSA) is 203 Å². The minimum atomic E-state index is -4.11. The molecule has 1 aromatic heterocycles. The molecule has 2 aliphatic heterocycles. The maximum absolute atomic E-state index is 15.4. The number of carboxylic acid groups (broad SMARTS) is 1. The van der Waals surface area contributed by atoms with Crippen LogP contribution < -0.4 is 24.2 Å². The number of hydrogen-bond acceptors (Lipinski definition) is 11. The third-order valence-corrected chi connectivity index (χ3v) is 15.4. The van der Waals surface area contributed by atoms with E-state index in [1.807, 2.05) is 13.0 Å². The summed E-state index contributed by atoms with van der Waals surface area (Å²) in [5, 5.41) is 14.5. The summed E-state index contributed by atoms with van der Waals surface area (Å²) >= 11 is 0. The van der Waals surface area contributed by atoms with Crippen molar-refractivity contribution < 1.29 is 60.4 Å². The van der Waals surface area contributed by atoms with Gasteiger partial charge in [-0.2, -0.15) is 0 Å². The Hall–Kier alpha value is -4.78. The zero-order valence-electron chi connectivity index (χ0n) is 36.5. The van der Waals surface area contributed by atoms with Gasteiger partial charge in [-0.05, 0) is 89.3 Å². The molecule has 19 heteroatoms. The lowest BCUT2D eigenvalue weighted by Crippen LogP contribution is -2.66. The molecule has 1 saturated heterocycles. The molecule has 0 unspecified atom stereocenters. The molecule has 3 N–H and O–H groups in total. The number of fused-ring (bicyclic) bond motifs is 3. The highest BCUT2D eigenvalue weighted by atomic mass is 32.2. The van der Waals surface area contributed by atoms with Gasteiger partial charge in [0.05, 0.1) is 31.2 Å². The summed E-state index contributed by atoms with van der Waals surface area (Å²) in [6, 6.07) is 2.03. The maximum Gasteiger partial charge on any atom is 0.408 e. The normalized spacial score (nSPS) is 28.3.